The Morgan fingerprint density at radius 3 is 2.13 bits per heavy atom. The molecule has 8 heteroatoms. The number of nitrogens with zero attached hydrogens (tertiary/aromatic N) is 1. The lowest BCUT2D eigenvalue weighted by molar-refractivity contribution is -0.137. The van der Waals surface area contributed by atoms with Crippen LogP contribution in [-0.4, -0.2) is 19.1 Å². The highest BCUT2D eigenvalue weighted by Crippen LogP contribution is 2.51. The molecule has 2 aromatic carbocycles. The summed E-state index contributed by atoms with van der Waals surface area (Å²) in [6, 6.07) is 11.5. The third-order valence-electron chi connectivity index (χ3n) is 9.04. The SMILES string of the molecule is CC(C)(C)C[Si](C)(C)OC1CC(C)(C)Cc2nc(C3CCCC3)c(C(=O)c3ccc(C(F)(F)F)cc3)c(-c3ccc(F)cc3)c21. The van der Waals surface area contributed by atoms with Crippen LogP contribution in [0, 0.1) is 16.6 Å². The number of rotatable bonds is 7. The zero-order valence-electron chi connectivity index (χ0n) is 27.5. The minimum absolute atomic E-state index is 0.0546. The van der Waals surface area contributed by atoms with Crippen LogP contribution in [0.25, 0.3) is 11.1 Å². The fraction of sp³-hybridized carbons (Fsp3) is 0.514. The van der Waals surface area contributed by atoms with Crippen molar-refractivity contribution in [3.8, 4) is 11.1 Å². The van der Waals surface area contributed by atoms with Crippen molar-refractivity contribution in [3.05, 3.63) is 88.0 Å². The zero-order chi connectivity index (χ0) is 32.9. The Morgan fingerprint density at radius 2 is 1.58 bits per heavy atom. The van der Waals surface area contributed by atoms with Crippen LogP contribution < -0.4 is 0 Å². The molecule has 0 bridgehead atoms. The lowest BCUT2D eigenvalue weighted by Crippen LogP contribution is -2.40. The summed E-state index contributed by atoms with van der Waals surface area (Å²) in [5.74, 6) is -0.699. The van der Waals surface area contributed by atoms with Gasteiger partial charge in [0.2, 0.25) is 0 Å². The average molecular weight is 640 g/mol. The first-order valence-electron chi connectivity index (χ1n) is 16.1. The van der Waals surface area contributed by atoms with Gasteiger partial charge in [-0.15, -0.1) is 0 Å². The molecule has 45 heavy (non-hydrogen) atoms. The summed E-state index contributed by atoms with van der Waals surface area (Å²) in [7, 11) is -2.24. The Balaban J connectivity index is 1.79. The number of pyridine rings is 1. The van der Waals surface area contributed by atoms with Crippen LogP contribution >= 0.6 is 0 Å². The minimum atomic E-state index is -4.51. The number of hydrogen-bond acceptors (Lipinski definition) is 3. The Labute approximate surface area is 265 Å². The van der Waals surface area contributed by atoms with Crippen LogP contribution in [0.4, 0.5) is 17.6 Å². The molecule has 5 rings (SSSR count). The molecule has 2 aliphatic rings. The molecule has 0 aliphatic heterocycles. The maximum atomic E-state index is 14.6. The first-order valence-corrected chi connectivity index (χ1v) is 19.2. The maximum Gasteiger partial charge on any atom is 0.416 e. The highest BCUT2D eigenvalue weighted by molar-refractivity contribution is 6.71. The van der Waals surface area contributed by atoms with Gasteiger partial charge >= 0.3 is 6.18 Å². The van der Waals surface area contributed by atoms with Crippen molar-refractivity contribution in [1.82, 2.24) is 4.98 Å². The van der Waals surface area contributed by atoms with Gasteiger partial charge in [0.05, 0.1) is 22.9 Å². The van der Waals surface area contributed by atoms with Crippen LogP contribution in [0.2, 0.25) is 19.1 Å². The van der Waals surface area contributed by atoms with Gasteiger partial charge in [-0.3, -0.25) is 9.78 Å². The van der Waals surface area contributed by atoms with Gasteiger partial charge < -0.3 is 4.43 Å². The van der Waals surface area contributed by atoms with E-state index in [0.717, 1.165) is 61.5 Å². The van der Waals surface area contributed by atoms with Crippen molar-refractivity contribution < 1.29 is 26.8 Å². The predicted octanol–water partition coefficient (Wildman–Crippen LogP) is 11.1. The molecule has 242 valence electrons. The predicted molar refractivity (Wildman–Crippen MR) is 173 cm³/mol. The molecule has 0 amide bonds. The fourth-order valence-electron chi connectivity index (χ4n) is 7.68. The summed E-state index contributed by atoms with van der Waals surface area (Å²) in [4.78, 5) is 19.9. The van der Waals surface area contributed by atoms with Crippen LogP contribution in [0.1, 0.15) is 117 Å². The Kier molecular flexibility index (Phi) is 8.99. The molecule has 0 spiro atoms. The normalized spacial score (nSPS) is 19.0. The lowest BCUT2D eigenvalue weighted by Gasteiger charge is -2.42. The molecule has 3 nitrogen and oxygen atoms in total. The van der Waals surface area contributed by atoms with Gasteiger partial charge in [0, 0.05) is 28.3 Å². The molecule has 0 saturated heterocycles. The average Bonchev–Trinajstić information content (AvgIpc) is 3.44. The zero-order valence-corrected chi connectivity index (χ0v) is 28.5. The van der Waals surface area contributed by atoms with Gasteiger partial charge in [0.15, 0.2) is 14.1 Å². The number of halogens is 4. The van der Waals surface area contributed by atoms with Crippen molar-refractivity contribution in [1.29, 1.82) is 0 Å². The standard InChI is InChI=1S/C37H45F4NO2Si/c1-35(2,3)22-45(6,7)44-29-21-36(4,5)20-28-31(29)30(23-14-18-27(38)19-15-23)32(33(42-28)24-10-8-9-11-24)34(43)25-12-16-26(17-13-25)37(39,40)41/h12-19,24,29H,8-11,20-22H2,1-7H3. The first-order chi connectivity index (χ1) is 20.8. The van der Waals surface area contributed by atoms with E-state index in [1.54, 1.807) is 12.1 Å². The van der Waals surface area contributed by atoms with Gasteiger partial charge in [-0.25, -0.2) is 4.39 Å². The third kappa shape index (κ3) is 7.59. The Morgan fingerprint density at radius 1 is 0.978 bits per heavy atom. The van der Waals surface area contributed by atoms with E-state index in [2.05, 4.69) is 47.7 Å². The number of aromatic nitrogens is 1. The van der Waals surface area contributed by atoms with E-state index in [1.165, 1.54) is 24.3 Å². The van der Waals surface area contributed by atoms with Crippen molar-refractivity contribution in [2.45, 2.75) is 110 Å². The van der Waals surface area contributed by atoms with Crippen LogP contribution in [0.15, 0.2) is 48.5 Å². The topological polar surface area (TPSA) is 39.2 Å². The third-order valence-corrected chi connectivity index (χ3v) is 11.9. The van der Waals surface area contributed by atoms with Gasteiger partial charge in [-0.1, -0.05) is 71.7 Å². The van der Waals surface area contributed by atoms with Crippen molar-refractivity contribution in [2.24, 2.45) is 10.8 Å². The van der Waals surface area contributed by atoms with Crippen LogP contribution in [-0.2, 0) is 17.0 Å². The number of alkyl halides is 3. The van der Waals surface area contributed by atoms with Gasteiger partial charge in [-0.2, -0.15) is 13.2 Å². The maximum absolute atomic E-state index is 14.6. The Bertz CT molecular complexity index is 1550. The van der Waals surface area contributed by atoms with Crippen LogP contribution in [0.5, 0.6) is 0 Å². The summed E-state index contributed by atoms with van der Waals surface area (Å²) in [5.41, 5.74) is 3.59. The summed E-state index contributed by atoms with van der Waals surface area (Å²) in [5, 5.41) is 0. The van der Waals surface area contributed by atoms with E-state index < -0.39 is 20.1 Å². The lowest BCUT2D eigenvalue weighted by atomic mass is 9.71. The molecule has 0 N–H and O–H groups in total. The summed E-state index contributed by atoms with van der Waals surface area (Å²) < 4.78 is 61.7. The molecular weight excluding hydrogens is 594 g/mol. The molecule has 1 fully saturated rings. The molecule has 1 aromatic heterocycles. The summed E-state index contributed by atoms with van der Waals surface area (Å²) in [6.07, 6.45) is 0.397. The monoisotopic (exact) mass is 639 g/mol. The van der Waals surface area contributed by atoms with E-state index in [9.17, 15) is 22.4 Å². The second-order valence-corrected chi connectivity index (χ2v) is 19.8. The highest BCUT2D eigenvalue weighted by atomic mass is 28.4. The number of fused-ring (bicyclic) bond motifs is 1. The van der Waals surface area contributed by atoms with E-state index in [-0.39, 0.29) is 40.0 Å². The smallest absolute Gasteiger partial charge is 0.410 e. The van der Waals surface area contributed by atoms with E-state index in [1.807, 2.05) is 0 Å². The molecule has 1 atom stereocenters. The van der Waals surface area contributed by atoms with Crippen molar-refractivity contribution >= 4 is 14.1 Å². The van der Waals surface area contributed by atoms with Gasteiger partial charge in [0.25, 0.3) is 0 Å². The number of benzene rings is 2. The molecule has 1 saturated carbocycles. The van der Waals surface area contributed by atoms with Gasteiger partial charge in [-0.05, 0) is 85.5 Å². The number of carbonyl (C=O) groups excluding carboxylic acids is 1. The van der Waals surface area contributed by atoms with E-state index >= 15 is 0 Å². The van der Waals surface area contributed by atoms with Crippen LogP contribution in [0.3, 0.4) is 0 Å². The molecular formula is C37H45F4NO2Si. The molecule has 3 aromatic rings. The number of ketones is 1. The molecule has 1 heterocycles. The fourth-order valence-corrected chi connectivity index (χ4v) is 11.3. The Hall–Kier alpha value is -2.84. The molecule has 1 unspecified atom stereocenters. The van der Waals surface area contributed by atoms with Gasteiger partial charge in [0.1, 0.15) is 5.82 Å². The second-order valence-electron chi connectivity index (χ2n) is 15.6. The van der Waals surface area contributed by atoms with Crippen molar-refractivity contribution in [2.75, 3.05) is 0 Å². The largest absolute Gasteiger partial charge is 0.416 e. The summed E-state index contributed by atoms with van der Waals surface area (Å²) in [6.45, 7) is 15.5. The second kappa shape index (κ2) is 12.1. The quantitative estimate of drug-likeness (QED) is 0.147. The van der Waals surface area contributed by atoms with E-state index in [4.69, 9.17) is 9.41 Å². The highest BCUT2D eigenvalue weighted by Gasteiger charge is 2.43. The molecule has 2 aliphatic carbocycles. The number of carbonyl (C=O) groups is 1. The molecule has 0 radical (unpaired) electrons. The summed E-state index contributed by atoms with van der Waals surface area (Å²) >= 11 is 0. The first kappa shape index (κ1) is 33.5. The minimum Gasteiger partial charge on any atom is -0.410 e. The van der Waals surface area contributed by atoms with E-state index in [0.29, 0.717) is 28.8 Å². The van der Waals surface area contributed by atoms with Crippen molar-refractivity contribution in [3.63, 3.8) is 0 Å². The number of hydrogen-bond donors (Lipinski definition) is 0.